The molecule has 2 aromatic heterocycles. The van der Waals surface area contributed by atoms with Gasteiger partial charge in [0.1, 0.15) is 16.0 Å². The Morgan fingerprint density at radius 1 is 1.50 bits per heavy atom. The van der Waals surface area contributed by atoms with Crippen LogP contribution < -0.4 is 10.9 Å². The highest BCUT2D eigenvalue weighted by atomic mass is 79.9. The van der Waals surface area contributed by atoms with E-state index in [1.54, 1.807) is 6.20 Å². The van der Waals surface area contributed by atoms with E-state index >= 15 is 0 Å². The van der Waals surface area contributed by atoms with Crippen molar-refractivity contribution in [1.82, 2.24) is 9.78 Å². The molecule has 5 nitrogen and oxygen atoms in total. The summed E-state index contributed by atoms with van der Waals surface area (Å²) in [4.78, 5) is 12.0. The van der Waals surface area contributed by atoms with Crippen molar-refractivity contribution in [2.75, 3.05) is 5.32 Å². The van der Waals surface area contributed by atoms with Gasteiger partial charge in [-0.2, -0.15) is 5.10 Å². The van der Waals surface area contributed by atoms with Crippen LogP contribution in [0, 0.1) is 13.8 Å². The van der Waals surface area contributed by atoms with Gasteiger partial charge in [-0.15, -0.1) is 0 Å². The summed E-state index contributed by atoms with van der Waals surface area (Å²) in [6.45, 7) is 8.31. The van der Waals surface area contributed by atoms with Crippen LogP contribution in [0.3, 0.4) is 0 Å². The van der Waals surface area contributed by atoms with Gasteiger partial charge in [-0.05, 0) is 49.7 Å². The fraction of sp³-hybridized carbons (Fsp3) is 0.429. The summed E-state index contributed by atoms with van der Waals surface area (Å²) in [5.74, 6) is 1.76. The zero-order valence-corrected chi connectivity index (χ0v) is 13.6. The zero-order chi connectivity index (χ0) is 14.9. The molecule has 0 bridgehead atoms. The molecule has 1 unspecified atom stereocenters. The summed E-state index contributed by atoms with van der Waals surface area (Å²) < 4.78 is 7.44. The van der Waals surface area contributed by atoms with E-state index in [-0.39, 0.29) is 11.6 Å². The molecule has 2 heterocycles. The Labute approximate surface area is 126 Å². The maximum atomic E-state index is 12.0. The summed E-state index contributed by atoms with van der Waals surface area (Å²) in [5.41, 5.74) is 1.63. The highest BCUT2D eigenvalue weighted by molar-refractivity contribution is 9.10. The first-order valence-electron chi connectivity index (χ1n) is 6.53. The number of nitrogens with zero attached hydrogens (tertiary/aromatic N) is 2. The van der Waals surface area contributed by atoms with Gasteiger partial charge in [0.15, 0.2) is 0 Å². The van der Waals surface area contributed by atoms with E-state index in [4.69, 9.17) is 4.42 Å². The topological polar surface area (TPSA) is 60.1 Å². The molecule has 20 heavy (non-hydrogen) atoms. The Hall–Kier alpha value is -1.56. The van der Waals surface area contributed by atoms with E-state index in [1.165, 1.54) is 4.68 Å². The lowest BCUT2D eigenvalue weighted by Crippen LogP contribution is -2.24. The van der Waals surface area contributed by atoms with E-state index in [0.717, 1.165) is 17.1 Å². The number of aromatic nitrogens is 2. The number of anilines is 1. The second-order valence-electron chi connectivity index (χ2n) is 4.73. The van der Waals surface area contributed by atoms with Crippen LogP contribution in [-0.4, -0.2) is 9.78 Å². The highest BCUT2D eigenvalue weighted by Gasteiger charge is 2.15. The standard InChI is InChI=1S/C14H18BrN3O2/c1-5-18-14(19)13(15)12(7-16-18)17-9(3)11-6-8(2)20-10(11)4/h6-7,9,17H,5H2,1-4H3. The van der Waals surface area contributed by atoms with Crippen LogP contribution in [0.15, 0.2) is 25.9 Å². The minimum absolute atomic E-state index is 0.0300. The fourth-order valence-corrected chi connectivity index (χ4v) is 2.60. The van der Waals surface area contributed by atoms with E-state index in [0.29, 0.717) is 16.7 Å². The van der Waals surface area contributed by atoms with Crippen LogP contribution >= 0.6 is 15.9 Å². The highest BCUT2D eigenvalue weighted by Crippen LogP contribution is 2.26. The van der Waals surface area contributed by atoms with Gasteiger partial charge in [0, 0.05) is 12.1 Å². The van der Waals surface area contributed by atoms with Crippen molar-refractivity contribution in [3.8, 4) is 0 Å². The molecule has 1 N–H and O–H groups in total. The predicted molar refractivity (Wildman–Crippen MR) is 82.1 cm³/mol. The van der Waals surface area contributed by atoms with Crippen LogP contribution in [0.1, 0.15) is 37.0 Å². The van der Waals surface area contributed by atoms with Crippen molar-refractivity contribution in [2.24, 2.45) is 0 Å². The second kappa shape index (κ2) is 5.83. The van der Waals surface area contributed by atoms with Gasteiger partial charge in [-0.3, -0.25) is 4.79 Å². The third-order valence-corrected chi connectivity index (χ3v) is 3.97. The van der Waals surface area contributed by atoms with Crippen molar-refractivity contribution in [3.63, 3.8) is 0 Å². The molecule has 1 atom stereocenters. The molecule has 0 aromatic carbocycles. The lowest BCUT2D eigenvalue weighted by atomic mass is 10.1. The Kier molecular flexibility index (Phi) is 4.32. The Morgan fingerprint density at radius 2 is 2.20 bits per heavy atom. The van der Waals surface area contributed by atoms with Gasteiger partial charge in [-0.1, -0.05) is 0 Å². The minimum Gasteiger partial charge on any atom is -0.466 e. The molecule has 0 aliphatic rings. The van der Waals surface area contributed by atoms with Crippen molar-refractivity contribution < 1.29 is 4.42 Å². The van der Waals surface area contributed by atoms with Gasteiger partial charge in [0.05, 0.1) is 17.9 Å². The van der Waals surface area contributed by atoms with Crippen LogP contribution in [0.4, 0.5) is 5.69 Å². The quantitative estimate of drug-likeness (QED) is 0.927. The molecular weight excluding hydrogens is 322 g/mol. The maximum absolute atomic E-state index is 12.0. The summed E-state index contributed by atoms with van der Waals surface area (Å²) >= 11 is 3.34. The van der Waals surface area contributed by atoms with E-state index in [1.807, 2.05) is 33.8 Å². The van der Waals surface area contributed by atoms with Crippen molar-refractivity contribution >= 4 is 21.6 Å². The number of halogens is 1. The van der Waals surface area contributed by atoms with Crippen molar-refractivity contribution in [2.45, 2.75) is 40.3 Å². The molecular formula is C14H18BrN3O2. The van der Waals surface area contributed by atoms with Gasteiger partial charge in [0.2, 0.25) is 0 Å². The van der Waals surface area contributed by atoms with Gasteiger partial charge in [-0.25, -0.2) is 4.68 Å². The smallest absolute Gasteiger partial charge is 0.283 e. The summed E-state index contributed by atoms with van der Waals surface area (Å²) in [5, 5.41) is 7.41. The third-order valence-electron chi connectivity index (χ3n) is 3.20. The lowest BCUT2D eigenvalue weighted by molar-refractivity contribution is 0.499. The second-order valence-corrected chi connectivity index (χ2v) is 5.52. The number of rotatable bonds is 4. The molecule has 0 saturated heterocycles. The molecule has 6 heteroatoms. The van der Waals surface area contributed by atoms with Crippen LogP contribution in [0.5, 0.6) is 0 Å². The Balaban J connectivity index is 2.29. The minimum atomic E-state index is -0.134. The summed E-state index contributed by atoms with van der Waals surface area (Å²) in [7, 11) is 0. The number of aryl methyl sites for hydroxylation is 3. The average Bonchev–Trinajstić information content (AvgIpc) is 2.74. The van der Waals surface area contributed by atoms with Crippen LogP contribution in [0.25, 0.3) is 0 Å². The number of hydrogen-bond donors (Lipinski definition) is 1. The largest absolute Gasteiger partial charge is 0.466 e. The molecule has 2 aromatic rings. The average molecular weight is 340 g/mol. The molecule has 0 aliphatic carbocycles. The molecule has 108 valence electrons. The van der Waals surface area contributed by atoms with Gasteiger partial charge in [0.25, 0.3) is 5.56 Å². The molecule has 0 aliphatic heterocycles. The Morgan fingerprint density at radius 3 is 2.75 bits per heavy atom. The van der Waals surface area contributed by atoms with Crippen LogP contribution in [-0.2, 0) is 6.54 Å². The molecule has 0 saturated carbocycles. The fourth-order valence-electron chi connectivity index (χ4n) is 2.18. The zero-order valence-electron chi connectivity index (χ0n) is 12.0. The third kappa shape index (κ3) is 2.80. The number of hydrogen-bond acceptors (Lipinski definition) is 4. The van der Waals surface area contributed by atoms with E-state index in [2.05, 4.69) is 26.3 Å². The van der Waals surface area contributed by atoms with Crippen molar-refractivity contribution in [3.05, 3.63) is 44.2 Å². The SMILES string of the molecule is CCn1ncc(NC(C)c2cc(C)oc2C)c(Br)c1=O. The van der Waals surface area contributed by atoms with Crippen LogP contribution in [0.2, 0.25) is 0 Å². The first kappa shape index (κ1) is 14.8. The number of nitrogens with one attached hydrogen (secondary N) is 1. The van der Waals surface area contributed by atoms with E-state index < -0.39 is 0 Å². The first-order valence-corrected chi connectivity index (χ1v) is 7.32. The lowest BCUT2D eigenvalue weighted by Gasteiger charge is -2.16. The monoisotopic (exact) mass is 339 g/mol. The van der Waals surface area contributed by atoms with Gasteiger partial charge >= 0.3 is 0 Å². The molecule has 0 spiro atoms. The number of furan rings is 1. The molecule has 0 radical (unpaired) electrons. The predicted octanol–water partition coefficient (Wildman–Crippen LogP) is 3.41. The molecule has 0 fully saturated rings. The van der Waals surface area contributed by atoms with E-state index in [9.17, 15) is 4.79 Å². The Bertz CT molecular complexity index is 676. The first-order chi connectivity index (χ1) is 9.43. The molecule has 0 amide bonds. The molecule has 2 rings (SSSR count). The summed E-state index contributed by atoms with van der Waals surface area (Å²) in [6, 6.07) is 2.03. The van der Waals surface area contributed by atoms with Gasteiger partial charge < -0.3 is 9.73 Å². The maximum Gasteiger partial charge on any atom is 0.283 e. The summed E-state index contributed by atoms with van der Waals surface area (Å²) in [6.07, 6.45) is 1.66. The van der Waals surface area contributed by atoms with Crippen molar-refractivity contribution in [1.29, 1.82) is 0 Å². The normalized spacial score (nSPS) is 12.4.